The minimum atomic E-state index is -0.709. The number of unbranched alkanes of at least 4 members (excludes halogenated alkanes) is 18. The van der Waals surface area contributed by atoms with Crippen LogP contribution in [0.3, 0.4) is 0 Å². The Morgan fingerprint density at radius 1 is 0.354 bits per heavy atom. The van der Waals surface area contributed by atoms with E-state index in [9.17, 15) is 19.2 Å². The van der Waals surface area contributed by atoms with Crippen molar-refractivity contribution < 1.29 is 38.9 Å². The zero-order chi connectivity index (χ0) is 34.7. The van der Waals surface area contributed by atoms with Gasteiger partial charge in [0.2, 0.25) is 0 Å². The average molecular weight is 667 g/mol. The van der Waals surface area contributed by atoms with Crippen LogP contribution in [-0.4, -0.2) is 34.1 Å². The zero-order valence-corrected chi connectivity index (χ0v) is 28.9. The smallest absolute Gasteiger partial charge is 0.311 e. The Balaban J connectivity index is 1.50. The molecular weight excluding hydrogens is 608 g/mol. The van der Waals surface area contributed by atoms with E-state index < -0.39 is 11.9 Å². The highest BCUT2D eigenvalue weighted by atomic mass is 16.5. The van der Waals surface area contributed by atoms with Crippen LogP contribution < -0.4 is 9.47 Å². The molecule has 8 heteroatoms. The fourth-order valence-corrected chi connectivity index (χ4v) is 5.72. The van der Waals surface area contributed by atoms with Gasteiger partial charge in [-0.2, -0.15) is 0 Å². The van der Waals surface area contributed by atoms with Crippen LogP contribution in [0.5, 0.6) is 11.5 Å². The summed E-state index contributed by atoms with van der Waals surface area (Å²) in [6.07, 6.45) is 22.4. The van der Waals surface area contributed by atoms with E-state index in [1.54, 1.807) is 24.3 Å². The largest absolute Gasteiger partial charge is 0.481 e. The standard InChI is InChI=1S/C40H58O8/c41-37(42)21-17-13-9-5-1-3-7-11-15-19-23-39(45)47-35-29-25-33(26-30-35)34-27-31-36(32-28-34)48-40(46)24-20-16-12-8-4-2-6-10-14-18-22-38(43)44/h25-32H,1-24H2,(H,41,42)(H,43,44). The molecule has 0 bridgehead atoms. The maximum Gasteiger partial charge on any atom is 0.311 e. The van der Waals surface area contributed by atoms with Gasteiger partial charge in [0.05, 0.1) is 0 Å². The van der Waals surface area contributed by atoms with Crippen LogP contribution >= 0.6 is 0 Å². The summed E-state index contributed by atoms with van der Waals surface area (Å²) in [5.41, 5.74) is 1.96. The number of benzene rings is 2. The predicted molar refractivity (Wildman–Crippen MR) is 189 cm³/mol. The minimum absolute atomic E-state index is 0.214. The van der Waals surface area contributed by atoms with Gasteiger partial charge in [-0.1, -0.05) is 127 Å². The second-order valence-electron chi connectivity index (χ2n) is 12.9. The van der Waals surface area contributed by atoms with Gasteiger partial charge in [-0.05, 0) is 61.1 Å². The minimum Gasteiger partial charge on any atom is -0.481 e. The summed E-state index contributed by atoms with van der Waals surface area (Å²) >= 11 is 0. The molecule has 0 fully saturated rings. The molecule has 0 aliphatic heterocycles. The van der Waals surface area contributed by atoms with Crippen molar-refractivity contribution in [1.82, 2.24) is 0 Å². The highest BCUT2D eigenvalue weighted by Crippen LogP contribution is 2.25. The summed E-state index contributed by atoms with van der Waals surface area (Å²) in [5.74, 6) is -0.787. The Labute approximate surface area is 287 Å². The molecule has 0 atom stereocenters. The molecule has 2 aromatic rings. The molecule has 0 spiro atoms. The zero-order valence-electron chi connectivity index (χ0n) is 28.9. The molecular formula is C40H58O8. The maximum absolute atomic E-state index is 12.3. The van der Waals surface area contributed by atoms with Gasteiger partial charge in [0, 0.05) is 25.7 Å². The number of carbonyl (C=O) groups is 4. The number of rotatable bonds is 29. The van der Waals surface area contributed by atoms with Crippen LogP contribution in [0.1, 0.15) is 154 Å². The summed E-state index contributed by atoms with van der Waals surface area (Å²) in [6, 6.07) is 14.9. The second kappa shape index (κ2) is 26.3. The van der Waals surface area contributed by atoms with Crippen LogP contribution in [0.2, 0.25) is 0 Å². The fraction of sp³-hybridized carbons (Fsp3) is 0.600. The monoisotopic (exact) mass is 666 g/mol. The molecule has 0 heterocycles. The Kier molecular flexibility index (Phi) is 22.2. The predicted octanol–water partition coefficient (Wildman–Crippen LogP) is 10.7. The van der Waals surface area contributed by atoms with Crippen molar-refractivity contribution in [1.29, 1.82) is 0 Å². The highest BCUT2D eigenvalue weighted by molar-refractivity contribution is 5.74. The van der Waals surface area contributed by atoms with Gasteiger partial charge in [-0.15, -0.1) is 0 Å². The third-order valence-corrected chi connectivity index (χ3v) is 8.55. The van der Waals surface area contributed by atoms with Crippen LogP contribution in [0.4, 0.5) is 0 Å². The van der Waals surface area contributed by atoms with Crippen molar-refractivity contribution in [2.45, 2.75) is 154 Å². The summed E-state index contributed by atoms with van der Waals surface area (Å²) in [5, 5.41) is 17.3. The quantitative estimate of drug-likeness (QED) is 0.0499. The fourth-order valence-electron chi connectivity index (χ4n) is 5.72. The van der Waals surface area contributed by atoms with Crippen molar-refractivity contribution in [3.05, 3.63) is 48.5 Å². The van der Waals surface area contributed by atoms with E-state index in [4.69, 9.17) is 19.7 Å². The van der Waals surface area contributed by atoms with Gasteiger partial charge < -0.3 is 19.7 Å². The molecule has 0 aliphatic rings. The van der Waals surface area contributed by atoms with Crippen LogP contribution in [-0.2, 0) is 19.2 Å². The number of esters is 2. The molecule has 266 valence electrons. The summed E-state index contributed by atoms with van der Waals surface area (Å²) in [7, 11) is 0. The number of carbonyl (C=O) groups excluding carboxylic acids is 2. The summed E-state index contributed by atoms with van der Waals surface area (Å²) < 4.78 is 11.0. The summed E-state index contributed by atoms with van der Waals surface area (Å²) in [6.45, 7) is 0. The first-order valence-electron chi connectivity index (χ1n) is 18.4. The number of aliphatic carboxylic acids is 2. The van der Waals surface area contributed by atoms with Gasteiger partial charge in [-0.25, -0.2) is 0 Å². The molecule has 8 nitrogen and oxygen atoms in total. The molecule has 0 aliphatic carbocycles. The van der Waals surface area contributed by atoms with Gasteiger partial charge >= 0.3 is 23.9 Å². The van der Waals surface area contributed by atoms with Gasteiger partial charge in [0.1, 0.15) is 11.5 Å². The molecule has 48 heavy (non-hydrogen) atoms. The van der Waals surface area contributed by atoms with Crippen LogP contribution in [0.15, 0.2) is 48.5 Å². The second-order valence-corrected chi connectivity index (χ2v) is 12.9. The van der Waals surface area contributed by atoms with E-state index in [1.807, 2.05) is 24.3 Å². The molecule has 2 rings (SSSR count). The van der Waals surface area contributed by atoms with E-state index in [-0.39, 0.29) is 24.8 Å². The Morgan fingerprint density at radius 2 is 0.583 bits per heavy atom. The van der Waals surface area contributed by atoms with E-state index in [2.05, 4.69) is 0 Å². The highest BCUT2D eigenvalue weighted by Gasteiger charge is 2.08. The van der Waals surface area contributed by atoms with Crippen molar-refractivity contribution in [3.63, 3.8) is 0 Å². The Morgan fingerprint density at radius 3 is 0.833 bits per heavy atom. The Bertz CT molecular complexity index is 1080. The number of ether oxygens (including phenoxy) is 2. The first-order chi connectivity index (χ1) is 23.3. The molecule has 0 unspecified atom stereocenters. The van der Waals surface area contributed by atoms with Gasteiger partial charge in [-0.3, -0.25) is 19.2 Å². The van der Waals surface area contributed by atoms with E-state index in [0.717, 1.165) is 101 Å². The van der Waals surface area contributed by atoms with Crippen molar-refractivity contribution >= 4 is 23.9 Å². The molecule has 2 N–H and O–H groups in total. The third-order valence-electron chi connectivity index (χ3n) is 8.55. The lowest BCUT2D eigenvalue weighted by Gasteiger charge is -2.08. The lowest BCUT2D eigenvalue weighted by molar-refractivity contribution is -0.138. The lowest BCUT2D eigenvalue weighted by Crippen LogP contribution is -2.07. The van der Waals surface area contributed by atoms with E-state index in [0.29, 0.717) is 24.3 Å². The first kappa shape index (κ1) is 40.5. The van der Waals surface area contributed by atoms with Gasteiger partial charge in [0.15, 0.2) is 0 Å². The van der Waals surface area contributed by atoms with E-state index >= 15 is 0 Å². The molecule has 0 saturated carbocycles. The Hall–Kier alpha value is -3.68. The van der Waals surface area contributed by atoms with Crippen molar-refractivity contribution in [3.8, 4) is 22.6 Å². The van der Waals surface area contributed by atoms with Gasteiger partial charge in [0.25, 0.3) is 0 Å². The van der Waals surface area contributed by atoms with Crippen molar-refractivity contribution in [2.24, 2.45) is 0 Å². The number of carboxylic acid groups (broad SMARTS) is 2. The molecule has 0 saturated heterocycles. The maximum atomic E-state index is 12.3. The average Bonchev–Trinajstić information content (AvgIpc) is 3.06. The molecule has 0 aromatic heterocycles. The molecule has 0 radical (unpaired) electrons. The third kappa shape index (κ3) is 21.2. The number of hydrogen-bond acceptors (Lipinski definition) is 6. The first-order valence-corrected chi connectivity index (χ1v) is 18.4. The van der Waals surface area contributed by atoms with E-state index in [1.165, 1.54) is 38.5 Å². The number of hydrogen-bond donors (Lipinski definition) is 2. The van der Waals surface area contributed by atoms with Crippen molar-refractivity contribution in [2.75, 3.05) is 0 Å². The van der Waals surface area contributed by atoms with Crippen LogP contribution in [0.25, 0.3) is 11.1 Å². The summed E-state index contributed by atoms with van der Waals surface area (Å²) in [4.78, 5) is 45.6. The van der Waals surface area contributed by atoms with Crippen LogP contribution in [0, 0.1) is 0 Å². The lowest BCUT2D eigenvalue weighted by atomic mass is 10.0. The SMILES string of the molecule is O=C(O)CCCCCCCCCCCCC(=O)Oc1ccc(-c2ccc(OC(=O)CCCCCCCCCCCCC(=O)O)cc2)cc1. The molecule has 0 amide bonds. The molecule has 2 aromatic carbocycles. The normalized spacial score (nSPS) is 10.9. The number of carboxylic acids is 2. The topological polar surface area (TPSA) is 127 Å².